The van der Waals surface area contributed by atoms with Gasteiger partial charge in [-0.1, -0.05) is 36.4 Å². The van der Waals surface area contributed by atoms with Crippen molar-refractivity contribution in [2.45, 2.75) is 33.1 Å². The van der Waals surface area contributed by atoms with Gasteiger partial charge in [0.1, 0.15) is 0 Å². The van der Waals surface area contributed by atoms with Crippen LogP contribution in [0.1, 0.15) is 36.0 Å². The van der Waals surface area contributed by atoms with Crippen LogP contribution in [0.25, 0.3) is 0 Å². The molecule has 0 unspecified atom stereocenters. The molecule has 7 nitrogen and oxygen atoms in total. The first kappa shape index (κ1) is 21.2. The Morgan fingerprint density at radius 3 is 2.53 bits per heavy atom. The monoisotopic (exact) mass is 407 g/mol. The van der Waals surface area contributed by atoms with Crippen LogP contribution in [0.5, 0.6) is 0 Å². The average molecular weight is 407 g/mol. The van der Waals surface area contributed by atoms with Crippen molar-refractivity contribution in [2.75, 3.05) is 18.5 Å². The lowest BCUT2D eigenvalue weighted by molar-refractivity contribution is -0.148. The molecule has 0 spiro atoms. The molecule has 1 aliphatic heterocycles. The molecule has 3 rings (SSSR count). The van der Waals surface area contributed by atoms with Crippen LogP contribution in [-0.2, 0) is 19.1 Å². The quantitative estimate of drug-likeness (QED) is 0.714. The van der Waals surface area contributed by atoms with Crippen LogP contribution >= 0.6 is 0 Å². The highest BCUT2D eigenvalue weighted by atomic mass is 16.5. The molecule has 0 radical (unpaired) electrons. The van der Waals surface area contributed by atoms with Gasteiger partial charge in [-0.2, -0.15) is 5.10 Å². The van der Waals surface area contributed by atoms with E-state index >= 15 is 0 Å². The minimum Gasteiger partial charge on any atom is -0.456 e. The highest BCUT2D eigenvalue weighted by Crippen LogP contribution is 2.16. The lowest BCUT2D eigenvalue weighted by Gasteiger charge is -2.11. The maximum Gasteiger partial charge on any atom is 0.306 e. The van der Waals surface area contributed by atoms with Gasteiger partial charge >= 0.3 is 5.97 Å². The van der Waals surface area contributed by atoms with Gasteiger partial charge in [0.05, 0.1) is 18.7 Å². The Kier molecular flexibility index (Phi) is 6.95. The molecule has 30 heavy (non-hydrogen) atoms. The van der Waals surface area contributed by atoms with Crippen molar-refractivity contribution in [1.29, 1.82) is 0 Å². The first-order valence-corrected chi connectivity index (χ1v) is 9.88. The van der Waals surface area contributed by atoms with Crippen LogP contribution in [0.15, 0.2) is 53.6 Å². The van der Waals surface area contributed by atoms with Crippen LogP contribution in [0.3, 0.4) is 0 Å². The Hall–Kier alpha value is -3.48. The van der Waals surface area contributed by atoms with Gasteiger partial charge in [0.2, 0.25) is 5.91 Å². The summed E-state index contributed by atoms with van der Waals surface area (Å²) in [5.74, 6) is -1.25. The average Bonchev–Trinajstić information content (AvgIpc) is 3.24. The van der Waals surface area contributed by atoms with Gasteiger partial charge in [0.15, 0.2) is 6.61 Å². The molecule has 2 aromatic carbocycles. The van der Waals surface area contributed by atoms with Gasteiger partial charge in [-0.25, -0.2) is 5.01 Å². The second-order valence-electron chi connectivity index (χ2n) is 7.19. The van der Waals surface area contributed by atoms with E-state index in [2.05, 4.69) is 10.4 Å². The third-order valence-electron chi connectivity index (χ3n) is 4.89. The van der Waals surface area contributed by atoms with Crippen molar-refractivity contribution >= 4 is 29.2 Å². The maximum atomic E-state index is 12.3. The predicted octanol–water partition coefficient (Wildman–Crippen LogP) is 3.20. The first-order valence-electron chi connectivity index (χ1n) is 9.88. The molecule has 156 valence electrons. The summed E-state index contributed by atoms with van der Waals surface area (Å²) in [5.41, 5.74) is 4.68. The largest absolute Gasteiger partial charge is 0.456 e. The molecule has 1 aliphatic rings. The number of ether oxygens (including phenoxy) is 1. The lowest BCUT2D eigenvalue weighted by Crippen LogP contribution is -2.25. The molecule has 0 aliphatic carbocycles. The predicted molar refractivity (Wildman–Crippen MR) is 114 cm³/mol. The molecular weight excluding hydrogens is 382 g/mol. The van der Waals surface area contributed by atoms with Crippen LogP contribution in [0.2, 0.25) is 0 Å². The van der Waals surface area contributed by atoms with Gasteiger partial charge in [0, 0.05) is 18.5 Å². The van der Waals surface area contributed by atoms with Crippen molar-refractivity contribution < 1.29 is 19.1 Å². The maximum absolute atomic E-state index is 12.3. The number of nitrogens with zero attached hydrogens (tertiary/aromatic N) is 2. The standard InChI is InChI=1S/C23H25N3O4/c1-16-8-9-19(14-17(16)2)24-21(27)15-30-23(29)11-10-22(28)26-13-12-20(25-26)18-6-4-3-5-7-18/h3-9,14H,10-13,15H2,1-2H3,(H,24,27). The highest BCUT2D eigenvalue weighted by Gasteiger charge is 2.22. The van der Waals surface area contributed by atoms with Crippen LogP contribution < -0.4 is 5.32 Å². The zero-order chi connectivity index (χ0) is 21.5. The number of hydrogen-bond donors (Lipinski definition) is 1. The summed E-state index contributed by atoms with van der Waals surface area (Å²) < 4.78 is 4.98. The van der Waals surface area contributed by atoms with E-state index in [-0.39, 0.29) is 25.4 Å². The van der Waals surface area contributed by atoms with E-state index in [1.807, 2.05) is 56.3 Å². The van der Waals surface area contributed by atoms with E-state index in [4.69, 9.17) is 4.74 Å². The Bertz CT molecular complexity index is 970. The Morgan fingerprint density at radius 1 is 1.03 bits per heavy atom. The minimum absolute atomic E-state index is 0.0107. The van der Waals surface area contributed by atoms with Crippen molar-refractivity contribution in [3.05, 3.63) is 65.2 Å². The fourth-order valence-corrected chi connectivity index (χ4v) is 3.04. The summed E-state index contributed by atoms with van der Waals surface area (Å²) in [7, 11) is 0. The van der Waals surface area contributed by atoms with Gasteiger partial charge in [-0.3, -0.25) is 14.4 Å². The highest BCUT2D eigenvalue weighted by molar-refractivity contribution is 6.02. The number of carbonyl (C=O) groups is 3. The third-order valence-corrected chi connectivity index (χ3v) is 4.89. The van der Waals surface area contributed by atoms with Crippen molar-refractivity contribution in [1.82, 2.24) is 5.01 Å². The van der Waals surface area contributed by atoms with E-state index in [1.165, 1.54) is 5.01 Å². The molecule has 2 aromatic rings. The molecule has 0 aromatic heterocycles. The summed E-state index contributed by atoms with van der Waals surface area (Å²) >= 11 is 0. The van der Waals surface area contributed by atoms with Crippen LogP contribution in [-0.4, -0.2) is 41.7 Å². The Labute approximate surface area is 175 Å². The summed E-state index contributed by atoms with van der Waals surface area (Å²) in [6.07, 6.45) is 0.574. The lowest BCUT2D eigenvalue weighted by atomic mass is 10.1. The van der Waals surface area contributed by atoms with Gasteiger partial charge in [-0.05, 0) is 42.7 Å². The number of nitrogens with one attached hydrogen (secondary N) is 1. The molecule has 0 saturated carbocycles. The smallest absolute Gasteiger partial charge is 0.306 e. The molecular formula is C23H25N3O4. The first-order chi connectivity index (χ1) is 14.4. The second kappa shape index (κ2) is 9.82. The number of rotatable bonds is 7. The molecule has 1 N–H and O–H groups in total. The number of aryl methyl sites for hydroxylation is 2. The molecule has 0 atom stereocenters. The number of amides is 2. The summed E-state index contributed by atoms with van der Waals surface area (Å²) in [5, 5.41) is 8.43. The zero-order valence-electron chi connectivity index (χ0n) is 17.2. The topological polar surface area (TPSA) is 88.1 Å². The fraction of sp³-hybridized carbons (Fsp3) is 0.304. The molecule has 7 heteroatoms. The van der Waals surface area contributed by atoms with Gasteiger partial charge in [-0.15, -0.1) is 0 Å². The van der Waals surface area contributed by atoms with E-state index in [0.717, 1.165) is 22.4 Å². The Balaban J connectivity index is 1.40. The molecule has 1 heterocycles. The van der Waals surface area contributed by atoms with E-state index in [0.29, 0.717) is 18.7 Å². The van der Waals surface area contributed by atoms with E-state index in [9.17, 15) is 14.4 Å². The third kappa shape index (κ3) is 5.76. The number of hydrazone groups is 1. The molecule has 0 saturated heterocycles. The molecule has 0 bridgehead atoms. The summed E-state index contributed by atoms with van der Waals surface area (Å²) in [4.78, 5) is 36.1. The summed E-state index contributed by atoms with van der Waals surface area (Å²) in [6, 6.07) is 15.2. The minimum atomic E-state index is -0.593. The number of benzene rings is 2. The number of anilines is 1. The van der Waals surface area contributed by atoms with Crippen LogP contribution in [0.4, 0.5) is 5.69 Å². The normalized spacial score (nSPS) is 13.0. The second-order valence-corrected chi connectivity index (χ2v) is 7.19. The van der Waals surface area contributed by atoms with Crippen molar-refractivity contribution in [3.63, 3.8) is 0 Å². The van der Waals surface area contributed by atoms with Crippen molar-refractivity contribution in [2.24, 2.45) is 5.10 Å². The zero-order valence-corrected chi connectivity index (χ0v) is 17.2. The number of hydrogen-bond acceptors (Lipinski definition) is 5. The Morgan fingerprint density at radius 2 is 1.80 bits per heavy atom. The number of carbonyl (C=O) groups excluding carboxylic acids is 3. The fourth-order valence-electron chi connectivity index (χ4n) is 3.04. The van der Waals surface area contributed by atoms with Crippen molar-refractivity contribution in [3.8, 4) is 0 Å². The van der Waals surface area contributed by atoms with Gasteiger partial charge < -0.3 is 10.1 Å². The SMILES string of the molecule is Cc1ccc(NC(=O)COC(=O)CCC(=O)N2CCC(c3ccccc3)=N2)cc1C. The van der Waals surface area contributed by atoms with E-state index in [1.54, 1.807) is 6.07 Å². The van der Waals surface area contributed by atoms with Gasteiger partial charge in [0.25, 0.3) is 5.91 Å². The van der Waals surface area contributed by atoms with Crippen LogP contribution in [0, 0.1) is 13.8 Å². The number of esters is 1. The molecule has 0 fully saturated rings. The van der Waals surface area contributed by atoms with E-state index < -0.39 is 11.9 Å². The molecule has 2 amide bonds. The summed E-state index contributed by atoms with van der Waals surface area (Å²) in [6.45, 7) is 4.05.